The quantitative estimate of drug-likeness (QED) is 0.764. The predicted molar refractivity (Wildman–Crippen MR) is 120 cm³/mol. The van der Waals surface area contributed by atoms with Crippen molar-refractivity contribution < 1.29 is 14.3 Å². The molecule has 4 bridgehead atoms. The van der Waals surface area contributed by atoms with Gasteiger partial charge < -0.3 is 15.0 Å². The summed E-state index contributed by atoms with van der Waals surface area (Å²) in [7, 11) is 1.64. The van der Waals surface area contributed by atoms with Gasteiger partial charge in [0, 0.05) is 6.54 Å². The number of aromatic nitrogens is 1. The third-order valence-corrected chi connectivity index (χ3v) is 9.07. The minimum Gasteiger partial charge on any atom is -0.497 e. The fourth-order valence-corrected chi connectivity index (χ4v) is 8.13. The molecule has 1 N–H and O–H groups in total. The first-order valence-corrected chi connectivity index (χ1v) is 12.4. The summed E-state index contributed by atoms with van der Waals surface area (Å²) in [5, 5.41) is 3.59. The van der Waals surface area contributed by atoms with Crippen LogP contribution in [0.15, 0.2) is 18.2 Å². The van der Waals surface area contributed by atoms with E-state index in [2.05, 4.69) is 10.3 Å². The van der Waals surface area contributed by atoms with Crippen molar-refractivity contribution in [3.8, 4) is 5.75 Å². The fourth-order valence-electron chi connectivity index (χ4n) is 7.23. The van der Waals surface area contributed by atoms with Gasteiger partial charge in [0.15, 0.2) is 5.13 Å². The molecule has 6 nitrogen and oxygen atoms in total. The molecule has 5 aliphatic rings. The van der Waals surface area contributed by atoms with E-state index in [0.29, 0.717) is 11.7 Å². The number of nitrogens with zero attached hydrogens (tertiary/aromatic N) is 2. The molecule has 1 aromatic heterocycles. The smallest absolute Gasteiger partial charge is 0.248 e. The van der Waals surface area contributed by atoms with Gasteiger partial charge in [-0.15, -0.1) is 0 Å². The van der Waals surface area contributed by atoms with Gasteiger partial charge in [0.25, 0.3) is 0 Å². The maximum Gasteiger partial charge on any atom is 0.248 e. The Bertz CT molecular complexity index is 1010. The van der Waals surface area contributed by atoms with Crippen LogP contribution >= 0.6 is 11.3 Å². The SMILES string of the molecule is COc1ccc2nc(NC(=O)[C@H]3CCCN3C(=O)C34CC5CC(CC(C5)C3)C4)sc2c1. The molecule has 1 aliphatic heterocycles. The molecule has 0 radical (unpaired) electrons. The van der Waals surface area contributed by atoms with Crippen LogP contribution in [0.4, 0.5) is 5.13 Å². The van der Waals surface area contributed by atoms with Crippen LogP contribution in [-0.2, 0) is 9.59 Å². The van der Waals surface area contributed by atoms with E-state index >= 15 is 0 Å². The van der Waals surface area contributed by atoms with Gasteiger partial charge in [-0.2, -0.15) is 0 Å². The number of fused-ring (bicyclic) bond motifs is 1. The number of benzene rings is 1. The minimum atomic E-state index is -0.373. The van der Waals surface area contributed by atoms with Crippen molar-refractivity contribution in [3.63, 3.8) is 0 Å². The number of carbonyl (C=O) groups excluding carboxylic acids is 2. The van der Waals surface area contributed by atoms with Gasteiger partial charge in [-0.3, -0.25) is 9.59 Å². The first kappa shape index (κ1) is 19.5. The fraction of sp³-hybridized carbons (Fsp3) is 0.625. The molecule has 2 heterocycles. The maximum absolute atomic E-state index is 13.8. The van der Waals surface area contributed by atoms with Gasteiger partial charge in [0.1, 0.15) is 11.8 Å². The van der Waals surface area contributed by atoms with Gasteiger partial charge >= 0.3 is 0 Å². The Labute approximate surface area is 186 Å². The molecule has 0 unspecified atom stereocenters. The topological polar surface area (TPSA) is 71.5 Å². The number of anilines is 1. The van der Waals surface area contributed by atoms with E-state index in [1.165, 1.54) is 30.6 Å². The standard InChI is InChI=1S/C24H29N3O3S/c1-30-17-4-5-18-20(10-17)31-23(25-18)26-21(28)19-3-2-6-27(19)22(29)24-11-14-7-15(12-24)9-16(8-14)13-24/h4-5,10,14-16,19H,2-3,6-9,11-13H2,1H3,(H,25,26,28)/t14?,15?,16?,19-,24?/m1/s1. The summed E-state index contributed by atoms with van der Waals surface area (Å²) >= 11 is 1.44. The summed E-state index contributed by atoms with van der Waals surface area (Å²) in [6, 6.07) is 5.33. The number of carbonyl (C=O) groups is 2. The van der Waals surface area contributed by atoms with Crippen molar-refractivity contribution in [2.75, 3.05) is 19.0 Å². The van der Waals surface area contributed by atoms with Gasteiger partial charge in [-0.05, 0) is 87.3 Å². The zero-order valence-electron chi connectivity index (χ0n) is 17.9. The molecule has 5 fully saturated rings. The van der Waals surface area contributed by atoms with Crippen molar-refractivity contribution in [3.05, 3.63) is 18.2 Å². The molecule has 31 heavy (non-hydrogen) atoms. The number of hydrogen-bond acceptors (Lipinski definition) is 5. The number of likely N-dealkylation sites (tertiary alicyclic amines) is 1. The molecular weight excluding hydrogens is 410 g/mol. The lowest BCUT2D eigenvalue weighted by atomic mass is 9.49. The van der Waals surface area contributed by atoms with Crippen LogP contribution in [0.5, 0.6) is 5.75 Å². The lowest BCUT2D eigenvalue weighted by Crippen LogP contribution is -2.56. The number of ether oxygens (including phenoxy) is 1. The van der Waals surface area contributed by atoms with Crippen molar-refractivity contribution in [1.82, 2.24) is 9.88 Å². The Balaban J connectivity index is 1.20. The first-order chi connectivity index (χ1) is 15.0. The zero-order chi connectivity index (χ0) is 21.2. The third-order valence-electron chi connectivity index (χ3n) is 8.13. The molecule has 1 atom stereocenters. The Hall–Kier alpha value is -2.15. The van der Waals surface area contributed by atoms with E-state index in [1.54, 1.807) is 7.11 Å². The van der Waals surface area contributed by atoms with E-state index < -0.39 is 0 Å². The Morgan fingerprint density at radius 3 is 2.55 bits per heavy atom. The lowest BCUT2D eigenvalue weighted by Gasteiger charge is -2.56. The average molecular weight is 440 g/mol. The van der Waals surface area contributed by atoms with Crippen LogP contribution in [-0.4, -0.2) is 41.4 Å². The first-order valence-electron chi connectivity index (χ1n) is 11.6. The molecular formula is C24H29N3O3S. The highest BCUT2D eigenvalue weighted by Gasteiger charge is 2.56. The second kappa shape index (κ2) is 7.19. The molecule has 4 saturated carbocycles. The summed E-state index contributed by atoms with van der Waals surface area (Å²) in [6.45, 7) is 0.704. The molecule has 1 aromatic carbocycles. The van der Waals surface area contributed by atoms with Crippen LogP contribution < -0.4 is 10.1 Å². The molecule has 2 amide bonds. The number of hydrogen-bond donors (Lipinski definition) is 1. The minimum absolute atomic E-state index is 0.0957. The molecule has 4 aliphatic carbocycles. The Kier molecular flexibility index (Phi) is 4.53. The second-order valence-electron chi connectivity index (χ2n) is 10.2. The lowest BCUT2D eigenvalue weighted by molar-refractivity contribution is -0.160. The Morgan fingerprint density at radius 2 is 1.87 bits per heavy atom. The second-order valence-corrected chi connectivity index (χ2v) is 11.2. The molecule has 2 aromatic rings. The van der Waals surface area contributed by atoms with Crippen LogP contribution in [0.25, 0.3) is 10.2 Å². The van der Waals surface area contributed by atoms with Gasteiger partial charge in [0.05, 0.1) is 22.7 Å². The van der Waals surface area contributed by atoms with E-state index in [1.807, 2.05) is 23.1 Å². The zero-order valence-corrected chi connectivity index (χ0v) is 18.7. The van der Waals surface area contributed by atoms with Gasteiger partial charge in [-0.25, -0.2) is 4.98 Å². The van der Waals surface area contributed by atoms with Gasteiger partial charge in [0.2, 0.25) is 11.8 Å². The van der Waals surface area contributed by atoms with Crippen LogP contribution in [0.1, 0.15) is 51.4 Å². The highest BCUT2D eigenvalue weighted by atomic mass is 32.1. The van der Waals surface area contributed by atoms with E-state index in [9.17, 15) is 9.59 Å². The Morgan fingerprint density at radius 1 is 1.16 bits per heavy atom. The van der Waals surface area contributed by atoms with E-state index in [4.69, 9.17) is 4.74 Å². The molecule has 7 rings (SSSR count). The molecule has 7 heteroatoms. The monoisotopic (exact) mass is 439 g/mol. The number of rotatable bonds is 4. The van der Waals surface area contributed by atoms with Crippen LogP contribution in [0, 0.1) is 23.2 Å². The largest absolute Gasteiger partial charge is 0.497 e. The molecule has 164 valence electrons. The third kappa shape index (κ3) is 3.23. The van der Waals surface area contributed by atoms with Crippen molar-refractivity contribution in [2.45, 2.75) is 57.4 Å². The number of amides is 2. The van der Waals surface area contributed by atoms with Crippen LogP contribution in [0.3, 0.4) is 0 Å². The molecule has 0 spiro atoms. The predicted octanol–water partition coefficient (Wildman–Crippen LogP) is 4.45. The highest BCUT2D eigenvalue weighted by molar-refractivity contribution is 7.22. The summed E-state index contributed by atoms with van der Waals surface area (Å²) in [5.41, 5.74) is 0.651. The highest BCUT2D eigenvalue weighted by Crippen LogP contribution is 2.60. The number of nitrogens with one attached hydrogen (secondary N) is 1. The number of thiazole rings is 1. The average Bonchev–Trinajstić information content (AvgIpc) is 3.38. The van der Waals surface area contributed by atoms with Crippen molar-refractivity contribution in [1.29, 1.82) is 0 Å². The molecule has 1 saturated heterocycles. The van der Waals surface area contributed by atoms with E-state index in [-0.39, 0.29) is 23.3 Å². The van der Waals surface area contributed by atoms with Crippen molar-refractivity contribution in [2.24, 2.45) is 23.2 Å². The van der Waals surface area contributed by atoms with E-state index in [0.717, 1.165) is 65.8 Å². The normalized spacial score (nSPS) is 33.8. The summed E-state index contributed by atoms with van der Waals surface area (Å²) in [5.74, 6) is 3.12. The summed E-state index contributed by atoms with van der Waals surface area (Å²) < 4.78 is 6.26. The summed E-state index contributed by atoms with van der Waals surface area (Å²) in [6.07, 6.45) is 8.72. The summed E-state index contributed by atoms with van der Waals surface area (Å²) in [4.78, 5) is 33.5. The van der Waals surface area contributed by atoms with Crippen molar-refractivity contribution >= 4 is 38.5 Å². The van der Waals surface area contributed by atoms with Crippen LogP contribution in [0.2, 0.25) is 0 Å². The van der Waals surface area contributed by atoms with Gasteiger partial charge in [-0.1, -0.05) is 11.3 Å². The number of methoxy groups -OCH3 is 1. The maximum atomic E-state index is 13.8.